The standard InChI is InChI=1S/C30H44N4O4/c1-23(21-24-13-7-5-8-14-24)27(35)32-19-11-17-31-18-12-20-33-28(36)26(22-25-15-9-6-10-16-25)34-29(37)38-30(2,3)4/h5-10,13-16,23,26,31H,11-12,17-22H2,1-4H3,(H,32,35)(H,33,36)(H,34,37)/t23-,26-/m1/s1. The second-order valence-corrected chi connectivity index (χ2v) is 10.5. The SMILES string of the molecule is C[C@H](Cc1ccccc1)C(=O)NCCCNCCCNC(=O)[C@@H](Cc1ccccc1)NC(=O)OC(C)(C)C. The Kier molecular flexibility index (Phi) is 13.3. The Morgan fingerprint density at radius 2 is 1.24 bits per heavy atom. The molecule has 2 rings (SSSR count). The van der Waals surface area contributed by atoms with Crippen LogP contribution in [0.1, 0.15) is 51.7 Å². The van der Waals surface area contributed by atoms with Crippen LogP contribution in [0, 0.1) is 5.92 Å². The van der Waals surface area contributed by atoms with Gasteiger partial charge in [0.15, 0.2) is 0 Å². The number of alkyl carbamates (subject to hydrolysis) is 1. The van der Waals surface area contributed by atoms with Crippen LogP contribution in [0.2, 0.25) is 0 Å². The van der Waals surface area contributed by atoms with E-state index in [1.807, 2.05) is 67.6 Å². The topological polar surface area (TPSA) is 109 Å². The third-order valence-corrected chi connectivity index (χ3v) is 5.78. The molecular weight excluding hydrogens is 480 g/mol. The first-order valence-electron chi connectivity index (χ1n) is 13.5. The summed E-state index contributed by atoms with van der Waals surface area (Å²) in [7, 11) is 0. The van der Waals surface area contributed by atoms with Crippen LogP contribution in [-0.2, 0) is 27.2 Å². The van der Waals surface area contributed by atoms with Crippen molar-refractivity contribution in [3.8, 4) is 0 Å². The zero-order chi connectivity index (χ0) is 27.8. The molecule has 0 bridgehead atoms. The molecule has 0 heterocycles. The van der Waals surface area contributed by atoms with Crippen molar-refractivity contribution in [1.29, 1.82) is 0 Å². The van der Waals surface area contributed by atoms with Gasteiger partial charge in [0.2, 0.25) is 11.8 Å². The fourth-order valence-corrected chi connectivity index (χ4v) is 3.84. The van der Waals surface area contributed by atoms with E-state index in [1.54, 1.807) is 20.8 Å². The summed E-state index contributed by atoms with van der Waals surface area (Å²) in [4.78, 5) is 37.4. The van der Waals surface area contributed by atoms with E-state index in [0.717, 1.165) is 43.5 Å². The van der Waals surface area contributed by atoms with Gasteiger partial charge in [-0.25, -0.2) is 4.79 Å². The Bertz CT molecular complexity index is 977. The van der Waals surface area contributed by atoms with Gasteiger partial charge in [0, 0.05) is 25.4 Å². The van der Waals surface area contributed by atoms with E-state index in [4.69, 9.17) is 4.74 Å². The van der Waals surface area contributed by atoms with Gasteiger partial charge >= 0.3 is 6.09 Å². The first-order chi connectivity index (χ1) is 18.1. The minimum atomic E-state index is -0.729. The van der Waals surface area contributed by atoms with E-state index in [0.29, 0.717) is 19.5 Å². The fourth-order valence-electron chi connectivity index (χ4n) is 3.84. The molecule has 0 aliphatic carbocycles. The molecule has 4 N–H and O–H groups in total. The van der Waals surface area contributed by atoms with Crippen LogP contribution in [0.15, 0.2) is 60.7 Å². The van der Waals surface area contributed by atoms with Crippen LogP contribution in [0.5, 0.6) is 0 Å². The van der Waals surface area contributed by atoms with E-state index in [-0.39, 0.29) is 17.7 Å². The van der Waals surface area contributed by atoms with Crippen molar-refractivity contribution < 1.29 is 19.1 Å². The summed E-state index contributed by atoms with van der Waals surface area (Å²) >= 11 is 0. The molecule has 0 aliphatic rings. The second kappa shape index (κ2) is 16.5. The van der Waals surface area contributed by atoms with E-state index in [2.05, 4.69) is 21.3 Å². The summed E-state index contributed by atoms with van der Waals surface area (Å²) in [6, 6.07) is 18.9. The van der Waals surface area contributed by atoms with Crippen LogP contribution in [0.3, 0.4) is 0 Å². The normalized spacial score (nSPS) is 12.7. The number of hydrogen-bond donors (Lipinski definition) is 4. The lowest BCUT2D eigenvalue weighted by atomic mass is 10.0. The van der Waals surface area contributed by atoms with Crippen LogP contribution in [0.4, 0.5) is 4.79 Å². The van der Waals surface area contributed by atoms with Gasteiger partial charge in [-0.2, -0.15) is 0 Å². The quantitative estimate of drug-likeness (QED) is 0.266. The van der Waals surface area contributed by atoms with Gasteiger partial charge < -0.3 is 26.0 Å². The highest BCUT2D eigenvalue weighted by Gasteiger charge is 2.24. The zero-order valence-electron chi connectivity index (χ0n) is 23.2. The molecule has 0 aliphatic heterocycles. The molecule has 3 amide bonds. The average molecular weight is 525 g/mol. The van der Waals surface area contributed by atoms with Crippen molar-refractivity contribution >= 4 is 17.9 Å². The molecule has 2 aromatic carbocycles. The molecular formula is C30H44N4O4. The van der Waals surface area contributed by atoms with Gasteiger partial charge in [-0.1, -0.05) is 67.6 Å². The molecule has 0 aromatic heterocycles. The highest BCUT2D eigenvalue weighted by Crippen LogP contribution is 2.09. The Hall–Kier alpha value is -3.39. The van der Waals surface area contributed by atoms with Gasteiger partial charge in [-0.15, -0.1) is 0 Å². The number of rotatable bonds is 15. The first-order valence-corrected chi connectivity index (χ1v) is 13.5. The van der Waals surface area contributed by atoms with E-state index < -0.39 is 17.7 Å². The predicted molar refractivity (Wildman–Crippen MR) is 151 cm³/mol. The lowest BCUT2D eigenvalue weighted by molar-refractivity contribution is -0.124. The third-order valence-electron chi connectivity index (χ3n) is 5.78. The highest BCUT2D eigenvalue weighted by molar-refractivity contribution is 5.86. The lowest BCUT2D eigenvalue weighted by Crippen LogP contribution is -2.49. The summed E-state index contributed by atoms with van der Waals surface area (Å²) in [6.45, 7) is 9.92. The predicted octanol–water partition coefficient (Wildman–Crippen LogP) is 3.60. The number of carbonyl (C=O) groups is 3. The Morgan fingerprint density at radius 3 is 1.76 bits per heavy atom. The Balaban J connectivity index is 1.62. The number of hydrogen-bond acceptors (Lipinski definition) is 5. The Morgan fingerprint density at radius 1 is 0.737 bits per heavy atom. The molecule has 0 fully saturated rings. The van der Waals surface area contributed by atoms with E-state index >= 15 is 0 Å². The highest BCUT2D eigenvalue weighted by atomic mass is 16.6. The van der Waals surface area contributed by atoms with Gasteiger partial charge in [0.05, 0.1) is 0 Å². The molecule has 0 radical (unpaired) electrons. The second-order valence-electron chi connectivity index (χ2n) is 10.5. The van der Waals surface area contributed by atoms with E-state index in [9.17, 15) is 14.4 Å². The number of carbonyl (C=O) groups excluding carboxylic acids is 3. The van der Waals surface area contributed by atoms with Crippen molar-refractivity contribution in [3.63, 3.8) is 0 Å². The minimum absolute atomic E-state index is 0.0653. The summed E-state index contributed by atoms with van der Waals surface area (Å²) in [5.74, 6) is -0.238. The fraction of sp³-hybridized carbons (Fsp3) is 0.500. The summed E-state index contributed by atoms with van der Waals surface area (Å²) in [5.41, 5.74) is 1.47. The lowest BCUT2D eigenvalue weighted by Gasteiger charge is -2.23. The van der Waals surface area contributed by atoms with Crippen molar-refractivity contribution in [2.45, 2.75) is 65.0 Å². The number of benzene rings is 2. The van der Waals surface area contributed by atoms with Crippen molar-refractivity contribution in [1.82, 2.24) is 21.3 Å². The summed E-state index contributed by atoms with van der Waals surface area (Å²) < 4.78 is 5.33. The molecule has 2 aromatic rings. The molecule has 0 saturated heterocycles. The summed E-state index contributed by atoms with van der Waals surface area (Å²) in [6.07, 6.45) is 2.07. The molecule has 2 atom stereocenters. The van der Waals surface area contributed by atoms with E-state index in [1.165, 1.54) is 0 Å². The van der Waals surface area contributed by atoms with Gasteiger partial charge in [0.1, 0.15) is 11.6 Å². The van der Waals surface area contributed by atoms with Gasteiger partial charge in [-0.05, 0) is 64.3 Å². The van der Waals surface area contributed by atoms with Crippen LogP contribution in [0.25, 0.3) is 0 Å². The molecule has 8 nitrogen and oxygen atoms in total. The Labute approximate surface area is 227 Å². The van der Waals surface area contributed by atoms with Crippen LogP contribution in [-0.4, -0.2) is 55.7 Å². The molecule has 0 saturated carbocycles. The van der Waals surface area contributed by atoms with Gasteiger partial charge in [-0.3, -0.25) is 9.59 Å². The minimum Gasteiger partial charge on any atom is -0.444 e. The molecule has 0 spiro atoms. The maximum atomic E-state index is 12.8. The first kappa shape index (κ1) is 30.8. The van der Waals surface area contributed by atoms with Crippen molar-refractivity contribution in [3.05, 3.63) is 71.8 Å². The smallest absolute Gasteiger partial charge is 0.408 e. The van der Waals surface area contributed by atoms with Crippen LogP contribution >= 0.6 is 0 Å². The number of ether oxygens (including phenoxy) is 1. The van der Waals surface area contributed by atoms with Crippen molar-refractivity contribution in [2.24, 2.45) is 5.92 Å². The third kappa shape index (κ3) is 13.2. The summed E-state index contributed by atoms with van der Waals surface area (Å²) in [5, 5.41) is 12.0. The monoisotopic (exact) mass is 524 g/mol. The number of amides is 3. The largest absolute Gasteiger partial charge is 0.444 e. The molecule has 0 unspecified atom stereocenters. The zero-order valence-corrected chi connectivity index (χ0v) is 23.2. The van der Waals surface area contributed by atoms with Crippen molar-refractivity contribution in [2.75, 3.05) is 26.2 Å². The number of nitrogens with one attached hydrogen (secondary N) is 4. The molecule has 8 heteroatoms. The average Bonchev–Trinajstić information content (AvgIpc) is 2.87. The maximum Gasteiger partial charge on any atom is 0.408 e. The maximum absolute atomic E-state index is 12.8. The van der Waals surface area contributed by atoms with Crippen LogP contribution < -0.4 is 21.3 Å². The molecule has 208 valence electrons. The molecule has 38 heavy (non-hydrogen) atoms. The van der Waals surface area contributed by atoms with Gasteiger partial charge in [0.25, 0.3) is 0 Å².